The predicted octanol–water partition coefficient (Wildman–Crippen LogP) is -0.658. The Balaban J connectivity index is 2.14. The Morgan fingerprint density at radius 3 is 3.00 bits per heavy atom. The highest BCUT2D eigenvalue weighted by Crippen LogP contribution is 2.12. The standard InChI is InChI=1S/C13H14N2O4S/c16-7-2-4-10-3-1-6-14-12(10)13(17)15-11-5-8-20(18,19)9-11/h1,3,6,11,16H,5,7-9H2,(H,15,17). The molecule has 1 unspecified atom stereocenters. The Morgan fingerprint density at radius 2 is 2.35 bits per heavy atom. The van der Waals surface area contributed by atoms with Crippen LogP contribution in [0.2, 0.25) is 0 Å². The molecule has 0 aliphatic carbocycles. The van der Waals surface area contributed by atoms with E-state index >= 15 is 0 Å². The van der Waals surface area contributed by atoms with Crippen LogP contribution < -0.4 is 5.32 Å². The van der Waals surface area contributed by atoms with Crippen molar-refractivity contribution in [1.82, 2.24) is 10.3 Å². The van der Waals surface area contributed by atoms with Crippen LogP contribution in [-0.2, 0) is 9.84 Å². The van der Waals surface area contributed by atoms with Crippen LogP contribution in [0.4, 0.5) is 0 Å². The van der Waals surface area contributed by atoms with Crippen molar-refractivity contribution >= 4 is 15.7 Å². The molecule has 0 aromatic carbocycles. The summed E-state index contributed by atoms with van der Waals surface area (Å²) in [5, 5.41) is 11.3. The molecule has 7 heteroatoms. The smallest absolute Gasteiger partial charge is 0.271 e. The second-order valence-electron chi connectivity index (χ2n) is 4.43. The molecule has 1 aromatic heterocycles. The molecule has 6 nitrogen and oxygen atoms in total. The molecule has 0 radical (unpaired) electrons. The summed E-state index contributed by atoms with van der Waals surface area (Å²) < 4.78 is 22.7. The van der Waals surface area contributed by atoms with Gasteiger partial charge in [-0.15, -0.1) is 0 Å². The third-order valence-corrected chi connectivity index (χ3v) is 4.66. The van der Waals surface area contributed by atoms with Crippen LogP contribution in [0.3, 0.4) is 0 Å². The second-order valence-corrected chi connectivity index (χ2v) is 6.66. The van der Waals surface area contributed by atoms with Gasteiger partial charge in [-0.25, -0.2) is 13.4 Å². The first kappa shape index (κ1) is 14.5. The van der Waals surface area contributed by atoms with Gasteiger partial charge in [0.15, 0.2) is 9.84 Å². The molecule has 1 aromatic rings. The minimum atomic E-state index is -3.04. The largest absolute Gasteiger partial charge is 0.384 e. The van der Waals surface area contributed by atoms with E-state index in [9.17, 15) is 13.2 Å². The normalized spacial score (nSPS) is 19.9. The fourth-order valence-electron chi connectivity index (χ4n) is 1.98. The zero-order valence-electron chi connectivity index (χ0n) is 10.7. The summed E-state index contributed by atoms with van der Waals surface area (Å²) >= 11 is 0. The van der Waals surface area contributed by atoms with E-state index in [1.54, 1.807) is 12.1 Å². The maximum absolute atomic E-state index is 12.1. The van der Waals surface area contributed by atoms with Gasteiger partial charge in [-0.1, -0.05) is 11.8 Å². The molecule has 20 heavy (non-hydrogen) atoms. The van der Waals surface area contributed by atoms with E-state index in [1.165, 1.54) is 6.20 Å². The molecule has 0 bridgehead atoms. The first-order valence-corrected chi connectivity index (χ1v) is 7.90. The monoisotopic (exact) mass is 294 g/mol. The Morgan fingerprint density at radius 1 is 1.55 bits per heavy atom. The van der Waals surface area contributed by atoms with Crippen molar-refractivity contribution in [2.24, 2.45) is 0 Å². The van der Waals surface area contributed by atoms with Crippen LogP contribution >= 0.6 is 0 Å². The van der Waals surface area contributed by atoms with Crippen LogP contribution in [-0.4, -0.2) is 48.6 Å². The predicted molar refractivity (Wildman–Crippen MR) is 72.7 cm³/mol. The summed E-state index contributed by atoms with van der Waals surface area (Å²) in [6, 6.07) is 2.88. The first-order valence-electron chi connectivity index (χ1n) is 6.08. The van der Waals surface area contributed by atoms with Gasteiger partial charge in [0, 0.05) is 12.2 Å². The van der Waals surface area contributed by atoms with Crippen molar-refractivity contribution in [2.75, 3.05) is 18.1 Å². The Bertz CT molecular complexity index is 673. The lowest BCUT2D eigenvalue weighted by molar-refractivity contribution is 0.0936. The SMILES string of the molecule is O=C(NC1CCS(=O)(=O)C1)c1ncccc1C#CCO. The zero-order valence-corrected chi connectivity index (χ0v) is 11.5. The van der Waals surface area contributed by atoms with Crippen molar-refractivity contribution in [3.8, 4) is 11.8 Å². The minimum absolute atomic E-state index is 0.0385. The number of aromatic nitrogens is 1. The molecule has 1 aliphatic heterocycles. The third kappa shape index (κ3) is 3.56. The maximum Gasteiger partial charge on any atom is 0.271 e. The number of carbonyl (C=O) groups excluding carboxylic acids is 1. The van der Waals surface area contributed by atoms with E-state index in [0.29, 0.717) is 12.0 Å². The van der Waals surface area contributed by atoms with Crippen LogP contribution in [0.25, 0.3) is 0 Å². The third-order valence-electron chi connectivity index (χ3n) is 2.89. The quantitative estimate of drug-likeness (QED) is 0.706. The molecule has 2 rings (SSSR count). The average Bonchev–Trinajstić information content (AvgIpc) is 2.76. The average molecular weight is 294 g/mol. The summed E-state index contributed by atoms with van der Waals surface area (Å²) in [7, 11) is -3.04. The number of hydrogen-bond acceptors (Lipinski definition) is 5. The highest BCUT2D eigenvalue weighted by Gasteiger charge is 2.29. The van der Waals surface area contributed by atoms with Crippen molar-refractivity contribution in [2.45, 2.75) is 12.5 Å². The number of carbonyl (C=O) groups is 1. The Labute approximate surface area is 117 Å². The molecule has 2 N–H and O–H groups in total. The lowest BCUT2D eigenvalue weighted by atomic mass is 10.1. The number of aliphatic hydroxyl groups excluding tert-OH is 1. The highest BCUT2D eigenvalue weighted by molar-refractivity contribution is 7.91. The van der Waals surface area contributed by atoms with E-state index in [1.807, 2.05) is 0 Å². The van der Waals surface area contributed by atoms with Crippen LogP contribution in [0.15, 0.2) is 18.3 Å². The van der Waals surface area contributed by atoms with Gasteiger partial charge in [-0.3, -0.25) is 4.79 Å². The molecule has 106 valence electrons. The van der Waals surface area contributed by atoms with Gasteiger partial charge in [-0.05, 0) is 18.6 Å². The van der Waals surface area contributed by atoms with E-state index in [-0.39, 0.29) is 29.8 Å². The van der Waals surface area contributed by atoms with Gasteiger partial charge in [0.1, 0.15) is 12.3 Å². The van der Waals surface area contributed by atoms with Gasteiger partial charge in [0.2, 0.25) is 0 Å². The zero-order chi connectivity index (χ0) is 14.6. The number of pyridine rings is 1. The van der Waals surface area contributed by atoms with Crippen molar-refractivity contribution in [3.05, 3.63) is 29.6 Å². The van der Waals surface area contributed by atoms with E-state index in [2.05, 4.69) is 22.1 Å². The Hall–Kier alpha value is -1.91. The van der Waals surface area contributed by atoms with E-state index < -0.39 is 15.7 Å². The summed E-state index contributed by atoms with van der Waals surface area (Å²) in [4.78, 5) is 16.1. The van der Waals surface area contributed by atoms with E-state index in [0.717, 1.165) is 0 Å². The fraction of sp³-hybridized carbons (Fsp3) is 0.385. The molecule has 1 aliphatic rings. The fourth-order valence-corrected chi connectivity index (χ4v) is 3.66. The van der Waals surface area contributed by atoms with E-state index in [4.69, 9.17) is 5.11 Å². The summed E-state index contributed by atoms with van der Waals surface area (Å²) in [6.07, 6.45) is 1.88. The number of nitrogens with one attached hydrogen (secondary N) is 1. The molecule has 0 saturated carbocycles. The maximum atomic E-state index is 12.1. The highest BCUT2D eigenvalue weighted by atomic mass is 32.2. The molecule has 1 fully saturated rings. The lowest BCUT2D eigenvalue weighted by Gasteiger charge is -2.11. The van der Waals surface area contributed by atoms with Crippen molar-refractivity contribution < 1.29 is 18.3 Å². The molecule has 0 spiro atoms. The minimum Gasteiger partial charge on any atom is -0.384 e. The Kier molecular flexibility index (Phi) is 4.37. The molecule has 2 heterocycles. The summed E-state index contributed by atoms with van der Waals surface area (Å²) in [6.45, 7) is -0.309. The van der Waals surface area contributed by atoms with Gasteiger partial charge < -0.3 is 10.4 Å². The number of rotatable bonds is 2. The number of aliphatic hydroxyl groups is 1. The number of hydrogen-bond donors (Lipinski definition) is 2. The topological polar surface area (TPSA) is 96.4 Å². The van der Waals surface area contributed by atoms with Gasteiger partial charge in [0.05, 0.1) is 17.1 Å². The van der Waals surface area contributed by atoms with Crippen LogP contribution in [0, 0.1) is 11.8 Å². The van der Waals surface area contributed by atoms with Crippen molar-refractivity contribution in [1.29, 1.82) is 0 Å². The molecular weight excluding hydrogens is 280 g/mol. The van der Waals surface area contributed by atoms with Gasteiger partial charge in [-0.2, -0.15) is 0 Å². The number of sulfone groups is 1. The molecule has 1 amide bonds. The van der Waals surface area contributed by atoms with Crippen LogP contribution in [0.1, 0.15) is 22.5 Å². The van der Waals surface area contributed by atoms with Gasteiger partial charge in [0.25, 0.3) is 5.91 Å². The second kappa shape index (κ2) is 6.03. The summed E-state index contributed by atoms with van der Waals surface area (Å²) in [5.74, 6) is 4.71. The lowest BCUT2D eigenvalue weighted by Crippen LogP contribution is -2.36. The number of nitrogens with zero attached hydrogens (tertiary/aromatic N) is 1. The first-order chi connectivity index (χ1) is 9.52. The molecule has 1 atom stereocenters. The molecule has 1 saturated heterocycles. The summed E-state index contributed by atoms with van der Waals surface area (Å²) in [5.41, 5.74) is 0.539. The van der Waals surface area contributed by atoms with Gasteiger partial charge >= 0.3 is 0 Å². The molecular formula is C13H14N2O4S. The van der Waals surface area contributed by atoms with Crippen molar-refractivity contribution in [3.63, 3.8) is 0 Å². The van der Waals surface area contributed by atoms with Crippen LogP contribution in [0.5, 0.6) is 0 Å². The number of amides is 1.